The molecule has 1 aliphatic heterocycles. The van der Waals surface area contributed by atoms with Crippen molar-refractivity contribution in [3.8, 4) is 0 Å². The summed E-state index contributed by atoms with van der Waals surface area (Å²) < 4.78 is 0. The highest BCUT2D eigenvalue weighted by Crippen LogP contribution is 2.13. The maximum atomic E-state index is 12.2. The molecule has 0 unspecified atom stereocenters. The smallest absolute Gasteiger partial charge is 0.273 e. The van der Waals surface area contributed by atoms with Gasteiger partial charge in [0.2, 0.25) is 5.91 Å². The molecule has 0 bridgehead atoms. The van der Waals surface area contributed by atoms with Crippen LogP contribution in [0.2, 0.25) is 0 Å². The Morgan fingerprint density at radius 2 is 1.84 bits per heavy atom. The van der Waals surface area contributed by atoms with Gasteiger partial charge in [0.1, 0.15) is 11.5 Å². The Bertz CT molecular complexity index is 810. The normalized spacial score (nSPS) is 14.2. The zero-order valence-corrected chi connectivity index (χ0v) is 14.3. The van der Waals surface area contributed by atoms with Crippen molar-refractivity contribution in [2.75, 3.05) is 12.4 Å². The van der Waals surface area contributed by atoms with E-state index >= 15 is 0 Å². The minimum atomic E-state index is -0.321. The van der Waals surface area contributed by atoms with Crippen molar-refractivity contribution in [1.29, 1.82) is 0 Å². The van der Waals surface area contributed by atoms with Gasteiger partial charge in [0.25, 0.3) is 5.91 Å². The van der Waals surface area contributed by atoms with Gasteiger partial charge in [-0.1, -0.05) is 35.9 Å². The molecule has 0 saturated heterocycles. The van der Waals surface area contributed by atoms with Crippen LogP contribution in [-0.4, -0.2) is 34.6 Å². The fraction of sp³-hybridized carbons (Fsp3) is 0.263. The van der Waals surface area contributed by atoms with Crippen molar-refractivity contribution in [3.63, 3.8) is 0 Å². The van der Waals surface area contributed by atoms with Gasteiger partial charge in [0, 0.05) is 26.1 Å². The fourth-order valence-electron chi connectivity index (χ4n) is 2.57. The number of carbonyl (C=O) groups excluding carboxylic acids is 2. The molecule has 2 aromatic rings. The second kappa shape index (κ2) is 7.25. The van der Waals surface area contributed by atoms with Crippen LogP contribution in [-0.2, 0) is 16.0 Å². The monoisotopic (exact) mass is 336 g/mol. The Labute approximate surface area is 146 Å². The molecule has 1 aliphatic rings. The highest BCUT2D eigenvalue weighted by molar-refractivity contribution is 6.43. The van der Waals surface area contributed by atoms with Gasteiger partial charge in [0.15, 0.2) is 0 Å². The molecule has 6 heteroatoms. The Hall–Kier alpha value is -3.02. The lowest BCUT2D eigenvalue weighted by Gasteiger charge is -2.18. The van der Waals surface area contributed by atoms with E-state index in [2.05, 4.69) is 46.6 Å². The summed E-state index contributed by atoms with van der Waals surface area (Å²) >= 11 is 0. The predicted octanol–water partition coefficient (Wildman–Crippen LogP) is 2.53. The zero-order chi connectivity index (χ0) is 17.8. The minimum absolute atomic E-state index is 0.0878. The molecule has 128 valence electrons. The molecule has 1 N–H and O–H groups in total. The van der Waals surface area contributed by atoms with E-state index < -0.39 is 0 Å². The van der Waals surface area contributed by atoms with Crippen molar-refractivity contribution in [2.24, 2.45) is 5.10 Å². The van der Waals surface area contributed by atoms with Crippen LogP contribution >= 0.6 is 0 Å². The standard InChI is InChI=1S/C19H20N4O2/c1-13-3-5-14(6-4-13)11-15-7-9-17(20-12-15)21-19(25)16-8-10-18(24)23(2)22-16/h3-7,9,12H,8,10-11H2,1-2H3,(H,20,21,25). The maximum Gasteiger partial charge on any atom is 0.273 e. The van der Waals surface area contributed by atoms with Gasteiger partial charge in [-0.2, -0.15) is 5.10 Å². The molecule has 0 fully saturated rings. The number of amides is 2. The SMILES string of the molecule is Cc1ccc(Cc2ccc(NC(=O)C3=NN(C)C(=O)CC3)nc2)cc1. The number of carbonyl (C=O) groups is 2. The first-order valence-electron chi connectivity index (χ1n) is 8.17. The highest BCUT2D eigenvalue weighted by Gasteiger charge is 2.22. The number of anilines is 1. The average molecular weight is 336 g/mol. The van der Waals surface area contributed by atoms with Crippen molar-refractivity contribution in [2.45, 2.75) is 26.2 Å². The van der Waals surface area contributed by atoms with E-state index in [-0.39, 0.29) is 11.8 Å². The van der Waals surface area contributed by atoms with Crippen molar-refractivity contribution >= 4 is 23.3 Å². The molecule has 2 heterocycles. The summed E-state index contributed by atoms with van der Waals surface area (Å²) in [5.41, 5.74) is 3.86. The summed E-state index contributed by atoms with van der Waals surface area (Å²) in [5, 5.41) is 7.93. The van der Waals surface area contributed by atoms with Crippen molar-refractivity contribution < 1.29 is 9.59 Å². The second-order valence-electron chi connectivity index (χ2n) is 6.13. The number of hydrogen-bond acceptors (Lipinski definition) is 4. The number of nitrogens with zero attached hydrogens (tertiary/aromatic N) is 3. The second-order valence-corrected chi connectivity index (χ2v) is 6.13. The molecule has 3 rings (SSSR count). The van der Waals surface area contributed by atoms with Gasteiger partial charge in [-0.3, -0.25) is 9.59 Å². The van der Waals surface area contributed by atoms with Gasteiger partial charge in [0.05, 0.1) is 0 Å². The summed E-state index contributed by atoms with van der Waals surface area (Å²) in [4.78, 5) is 27.9. The maximum absolute atomic E-state index is 12.2. The summed E-state index contributed by atoms with van der Waals surface area (Å²) in [6.07, 6.45) is 3.20. The van der Waals surface area contributed by atoms with E-state index in [1.165, 1.54) is 16.1 Å². The average Bonchev–Trinajstić information content (AvgIpc) is 2.61. The summed E-state index contributed by atoms with van der Waals surface area (Å²) in [6, 6.07) is 12.1. The van der Waals surface area contributed by atoms with Crippen LogP contribution in [0, 0.1) is 6.92 Å². The number of rotatable bonds is 4. The Kier molecular flexibility index (Phi) is 4.88. The van der Waals surface area contributed by atoms with E-state index in [9.17, 15) is 9.59 Å². The number of nitrogens with one attached hydrogen (secondary N) is 1. The van der Waals surface area contributed by atoms with Crippen LogP contribution in [0.5, 0.6) is 0 Å². The predicted molar refractivity (Wildman–Crippen MR) is 96.3 cm³/mol. The Balaban J connectivity index is 1.62. The molecule has 1 aromatic carbocycles. The number of pyridine rings is 1. The van der Waals surface area contributed by atoms with Gasteiger partial charge < -0.3 is 5.32 Å². The molecular weight excluding hydrogens is 316 g/mol. The first-order chi connectivity index (χ1) is 12.0. The van der Waals surface area contributed by atoms with Crippen LogP contribution < -0.4 is 5.32 Å². The summed E-state index contributed by atoms with van der Waals surface area (Å²) in [7, 11) is 1.55. The number of hydrazone groups is 1. The molecule has 0 aliphatic carbocycles. The molecule has 2 amide bonds. The fourth-order valence-corrected chi connectivity index (χ4v) is 2.57. The van der Waals surface area contributed by atoms with Crippen molar-refractivity contribution in [1.82, 2.24) is 9.99 Å². The van der Waals surface area contributed by atoms with Crippen LogP contribution in [0.25, 0.3) is 0 Å². The largest absolute Gasteiger partial charge is 0.305 e. The zero-order valence-electron chi connectivity index (χ0n) is 14.3. The van der Waals surface area contributed by atoms with E-state index in [0.29, 0.717) is 24.4 Å². The third kappa shape index (κ3) is 4.29. The molecule has 0 atom stereocenters. The molecular formula is C19H20N4O2. The summed E-state index contributed by atoms with van der Waals surface area (Å²) in [6.45, 7) is 2.06. The molecule has 1 aromatic heterocycles. The number of hydrogen-bond donors (Lipinski definition) is 1. The van der Waals surface area contributed by atoms with E-state index in [1.54, 1.807) is 19.3 Å². The molecule has 0 saturated carbocycles. The first kappa shape index (κ1) is 16.8. The van der Waals surface area contributed by atoms with Crippen LogP contribution in [0.1, 0.15) is 29.5 Å². The molecule has 0 radical (unpaired) electrons. The lowest BCUT2D eigenvalue weighted by molar-refractivity contribution is -0.130. The highest BCUT2D eigenvalue weighted by atomic mass is 16.2. The minimum Gasteiger partial charge on any atom is -0.305 e. The summed E-state index contributed by atoms with van der Waals surface area (Å²) in [5.74, 6) is 0.0631. The number of aryl methyl sites for hydroxylation is 1. The quantitative estimate of drug-likeness (QED) is 0.932. The van der Waals surface area contributed by atoms with E-state index in [1.807, 2.05) is 6.07 Å². The van der Waals surface area contributed by atoms with Crippen LogP contribution in [0.3, 0.4) is 0 Å². The van der Waals surface area contributed by atoms with Gasteiger partial charge in [-0.05, 0) is 30.5 Å². The Morgan fingerprint density at radius 3 is 2.48 bits per heavy atom. The van der Waals surface area contributed by atoms with Crippen molar-refractivity contribution in [3.05, 3.63) is 59.3 Å². The van der Waals surface area contributed by atoms with Crippen LogP contribution in [0.15, 0.2) is 47.7 Å². The van der Waals surface area contributed by atoms with Crippen LogP contribution in [0.4, 0.5) is 5.82 Å². The van der Waals surface area contributed by atoms with E-state index in [4.69, 9.17) is 0 Å². The topological polar surface area (TPSA) is 74.7 Å². The molecule has 25 heavy (non-hydrogen) atoms. The van der Waals surface area contributed by atoms with Gasteiger partial charge >= 0.3 is 0 Å². The first-order valence-corrected chi connectivity index (χ1v) is 8.17. The molecule has 0 spiro atoms. The number of benzene rings is 1. The third-order valence-corrected chi connectivity index (χ3v) is 4.06. The lowest BCUT2D eigenvalue weighted by atomic mass is 10.1. The Morgan fingerprint density at radius 1 is 1.12 bits per heavy atom. The van der Waals surface area contributed by atoms with Gasteiger partial charge in [-0.25, -0.2) is 9.99 Å². The molecule has 6 nitrogen and oxygen atoms in total. The third-order valence-electron chi connectivity index (χ3n) is 4.06. The number of aromatic nitrogens is 1. The van der Waals surface area contributed by atoms with Gasteiger partial charge in [-0.15, -0.1) is 0 Å². The van der Waals surface area contributed by atoms with E-state index in [0.717, 1.165) is 12.0 Å². The lowest BCUT2D eigenvalue weighted by Crippen LogP contribution is -2.34.